The number of hydrogen-bond donors (Lipinski definition) is 1. The van der Waals surface area contributed by atoms with Crippen molar-refractivity contribution in [3.63, 3.8) is 0 Å². The van der Waals surface area contributed by atoms with E-state index in [1.807, 2.05) is 24.5 Å². The van der Waals surface area contributed by atoms with Gasteiger partial charge in [-0.1, -0.05) is 36.4 Å². The van der Waals surface area contributed by atoms with Gasteiger partial charge in [-0.3, -0.25) is 4.79 Å². The van der Waals surface area contributed by atoms with Gasteiger partial charge in [0, 0.05) is 29.5 Å². The van der Waals surface area contributed by atoms with E-state index in [1.54, 1.807) is 54.2 Å². The number of para-hydroxylation sites is 1. The lowest BCUT2D eigenvalue weighted by Gasteiger charge is -2.22. The van der Waals surface area contributed by atoms with E-state index in [9.17, 15) is 23.9 Å². The molecule has 0 bridgehead atoms. The topological polar surface area (TPSA) is 93.1 Å². The lowest BCUT2D eigenvalue weighted by molar-refractivity contribution is -0.152. The van der Waals surface area contributed by atoms with Gasteiger partial charge in [-0.25, -0.2) is 14.0 Å². The summed E-state index contributed by atoms with van der Waals surface area (Å²) in [6, 6.07) is 20.4. The molecule has 0 radical (unpaired) electrons. The lowest BCUT2D eigenvalue weighted by atomic mass is 9.84. The second kappa shape index (κ2) is 11.9. The van der Waals surface area contributed by atoms with Crippen LogP contribution in [0.1, 0.15) is 29.8 Å². The van der Waals surface area contributed by atoms with Gasteiger partial charge in [0.25, 0.3) is 0 Å². The second-order valence-corrected chi connectivity index (χ2v) is 10.8. The van der Waals surface area contributed by atoms with Gasteiger partial charge >= 0.3 is 12.1 Å². The molecule has 9 heteroatoms. The number of carboxylic acids is 1. The first-order chi connectivity index (χ1) is 18.6. The first-order valence-electron chi connectivity index (χ1n) is 12.5. The minimum Gasteiger partial charge on any atom is -0.478 e. The highest BCUT2D eigenvalue weighted by molar-refractivity contribution is 7.98. The number of amides is 1. The Hall–Kier alpha value is -3.85. The Kier molecular flexibility index (Phi) is 8.60. The third-order valence-corrected chi connectivity index (χ3v) is 7.48. The van der Waals surface area contributed by atoms with Crippen LogP contribution in [0.5, 0.6) is 11.5 Å². The highest BCUT2D eigenvalue weighted by Gasteiger charge is 2.40. The Morgan fingerprint density at radius 3 is 2.33 bits per heavy atom. The van der Waals surface area contributed by atoms with Gasteiger partial charge in [0.2, 0.25) is 0 Å². The maximum absolute atomic E-state index is 14.9. The number of carbonyl (C=O) groups is 3. The summed E-state index contributed by atoms with van der Waals surface area (Å²) in [4.78, 5) is 40.4. The standard InChI is InChI=1S/C30H30FNO6S/c1-30(2,28(34)35)38-26-14-9-19(16-25(26)31)15-21-17-32(29(36)37-22-7-5-4-6-8-22)18-24(21)27(33)20-10-12-23(39-3)13-11-20/h4-14,16,21,24H,15,17-18H2,1-3H3,(H,34,35)/t21-,24?/m0/s1. The van der Waals surface area contributed by atoms with Crippen molar-refractivity contribution in [2.24, 2.45) is 11.8 Å². The maximum Gasteiger partial charge on any atom is 0.415 e. The van der Waals surface area contributed by atoms with Crippen LogP contribution >= 0.6 is 11.8 Å². The maximum atomic E-state index is 14.9. The third kappa shape index (κ3) is 6.78. The highest BCUT2D eigenvalue weighted by atomic mass is 32.2. The molecule has 204 valence electrons. The Bertz CT molecular complexity index is 1350. The molecule has 1 fully saturated rings. The molecule has 0 saturated carbocycles. The smallest absolute Gasteiger partial charge is 0.415 e. The fourth-order valence-electron chi connectivity index (χ4n) is 4.52. The fraction of sp³-hybridized carbons (Fsp3) is 0.300. The van der Waals surface area contributed by atoms with E-state index >= 15 is 0 Å². The van der Waals surface area contributed by atoms with Gasteiger partial charge in [-0.2, -0.15) is 0 Å². The number of thioether (sulfide) groups is 1. The number of rotatable bonds is 9. The van der Waals surface area contributed by atoms with Crippen LogP contribution in [0.3, 0.4) is 0 Å². The summed E-state index contributed by atoms with van der Waals surface area (Å²) in [6.07, 6.45) is 1.73. The Balaban J connectivity index is 1.55. The number of aliphatic carboxylic acids is 1. The van der Waals surface area contributed by atoms with Crippen molar-refractivity contribution in [3.05, 3.63) is 89.7 Å². The number of Topliss-reactive ketones (excluding diaryl/α,β-unsaturated/α-hetero) is 1. The molecule has 0 spiro atoms. The minimum absolute atomic E-state index is 0.0914. The summed E-state index contributed by atoms with van der Waals surface area (Å²) in [5, 5.41) is 9.28. The van der Waals surface area contributed by atoms with E-state index in [2.05, 4.69) is 0 Å². The molecular formula is C30H30FNO6S. The quantitative estimate of drug-likeness (QED) is 0.259. The molecule has 2 atom stereocenters. The number of halogens is 1. The summed E-state index contributed by atoms with van der Waals surface area (Å²) in [7, 11) is 0. The van der Waals surface area contributed by atoms with Crippen molar-refractivity contribution in [1.82, 2.24) is 4.90 Å². The molecule has 0 aromatic heterocycles. The molecule has 0 aliphatic carbocycles. The van der Waals surface area contributed by atoms with Crippen LogP contribution in [0.2, 0.25) is 0 Å². The van der Waals surface area contributed by atoms with E-state index in [4.69, 9.17) is 9.47 Å². The van der Waals surface area contributed by atoms with Crippen LogP contribution in [0.4, 0.5) is 9.18 Å². The number of carbonyl (C=O) groups excluding carboxylic acids is 2. The molecule has 1 N–H and O–H groups in total. The molecule has 1 amide bonds. The molecule has 1 aliphatic rings. The number of ether oxygens (including phenoxy) is 2. The van der Waals surface area contributed by atoms with Crippen molar-refractivity contribution in [3.8, 4) is 11.5 Å². The molecule has 1 saturated heterocycles. The van der Waals surface area contributed by atoms with Crippen LogP contribution < -0.4 is 9.47 Å². The van der Waals surface area contributed by atoms with Gasteiger partial charge in [0.05, 0.1) is 0 Å². The van der Waals surface area contributed by atoms with Gasteiger partial charge in [-0.15, -0.1) is 11.8 Å². The van der Waals surface area contributed by atoms with E-state index in [0.29, 0.717) is 23.3 Å². The lowest BCUT2D eigenvalue weighted by Crippen LogP contribution is -2.38. The fourth-order valence-corrected chi connectivity index (χ4v) is 4.93. The molecular weight excluding hydrogens is 521 g/mol. The highest BCUT2D eigenvalue weighted by Crippen LogP contribution is 2.32. The zero-order chi connectivity index (χ0) is 28.2. The summed E-state index contributed by atoms with van der Waals surface area (Å²) >= 11 is 1.58. The van der Waals surface area contributed by atoms with Crippen molar-refractivity contribution >= 4 is 29.6 Å². The number of hydrogen-bond acceptors (Lipinski definition) is 6. The van der Waals surface area contributed by atoms with E-state index in [-0.39, 0.29) is 30.5 Å². The SMILES string of the molecule is CSc1ccc(C(=O)C2CN(C(=O)Oc3ccccc3)C[C@@H]2Cc2ccc(OC(C)(C)C(=O)O)c(F)c2)cc1. The first kappa shape index (κ1) is 28.2. The van der Waals surface area contributed by atoms with Crippen molar-refractivity contribution in [1.29, 1.82) is 0 Å². The largest absolute Gasteiger partial charge is 0.478 e. The number of nitrogens with zero attached hydrogens (tertiary/aromatic N) is 1. The average molecular weight is 552 g/mol. The number of carboxylic acid groups (broad SMARTS) is 1. The van der Waals surface area contributed by atoms with Crippen LogP contribution in [-0.4, -0.2) is 52.8 Å². The zero-order valence-corrected chi connectivity index (χ0v) is 22.7. The Morgan fingerprint density at radius 2 is 1.72 bits per heavy atom. The number of likely N-dealkylation sites (tertiary alicyclic amines) is 1. The minimum atomic E-state index is -1.60. The summed E-state index contributed by atoms with van der Waals surface area (Å²) in [5.74, 6) is -2.58. The molecule has 4 rings (SSSR count). The molecule has 3 aromatic rings. The van der Waals surface area contributed by atoms with E-state index < -0.39 is 29.4 Å². The summed E-state index contributed by atoms with van der Waals surface area (Å²) < 4.78 is 25.8. The Labute approximate surface area is 230 Å². The third-order valence-electron chi connectivity index (χ3n) is 6.73. The van der Waals surface area contributed by atoms with Crippen LogP contribution in [0.25, 0.3) is 0 Å². The molecule has 1 unspecified atom stereocenters. The predicted molar refractivity (Wildman–Crippen MR) is 146 cm³/mol. The number of benzene rings is 3. The van der Waals surface area contributed by atoms with Gasteiger partial charge in [0.1, 0.15) is 5.75 Å². The number of ketones is 1. The first-order valence-corrected chi connectivity index (χ1v) is 13.7. The summed E-state index contributed by atoms with van der Waals surface area (Å²) in [5.41, 5.74) is -0.449. The van der Waals surface area contributed by atoms with Crippen LogP contribution in [-0.2, 0) is 11.2 Å². The van der Waals surface area contributed by atoms with Gasteiger partial charge in [-0.05, 0) is 74.4 Å². The normalized spacial score (nSPS) is 17.1. The summed E-state index contributed by atoms with van der Waals surface area (Å²) in [6.45, 7) is 3.12. The van der Waals surface area contributed by atoms with Crippen molar-refractivity contribution < 1.29 is 33.4 Å². The zero-order valence-electron chi connectivity index (χ0n) is 21.9. The molecule has 3 aromatic carbocycles. The van der Waals surface area contributed by atoms with Crippen molar-refractivity contribution in [2.75, 3.05) is 19.3 Å². The molecule has 7 nitrogen and oxygen atoms in total. The molecule has 1 aliphatic heterocycles. The Morgan fingerprint density at radius 1 is 1.03 bits per heavy atom. The van der Waals surface area contributed by atoms with Gasteiger partial charge < -0.3 is 19.5 Å². The molecule has 1 heterocycles. The second-order valence-electron chi connectivity index (χ2n) is 9.93. The van der Waals surface area contributed by atoms with E-state index in [1.165, 1.54) is 30.9 Å². The molecule has 39 heavy (non-hydrogen) atoms. The van der Waals surface area contributed by atoms with Crippen LogP contribution in [0.15, 0.2) is 77.7 Å². The van der Waals surface area contributed by atoms with Gasteiger partial charge in [0.15, 0.2) is 23.0 Å². The average Bonchev–Trinajstić information content (AvgIpc) is 3.34. The monoisotopic (exact) mass is 551 g/mol. The predicted octanol–water partition coefficient (Wildman–Crippen LogP) is 5.96. The van der Waals surface area contributed by atoms with Crippen molar-refractivity contribution in [2.45, 2.75) is 30.8 Å². The van der Waals surface area contributed by atoms with Crippen LogP contribution in [0, 0.1) is 17.7 Å². The van der Waals surface area contributed by atoms with E-state index in [0.717, 1.165) is 4.90 Å².